The first-order valence-corrected chi connectivity index (χ1v) is 7.26. The molecule has 2 rings (SSSR count). The second-order valence-corrected chi connectivity index (χ2v) is 5.26. The Morgan fingerprint density at radius 3 is 2.80 bits per heavy atom. The van der Waals surface area contributed by atoms with Gasteiger partial charge in [-0.1, -0.05) is 23.5 Å². The molecular formula is C14H17N3O2S. The van der Waals surface area contributed by atoms with Crippen LogP contribution in [0.15, 0.2) is 30.5 Å². The molecule has 20 heavy (non-hydrogen) atoms. The third-order valence-corrected chi connectivity index (χ3v) is 3.65. The van der Waals surface area contributed by atoms with Crippen LogP contribution >= 0.6 is 11.3 Å². The van der Waals surface area contributed by atoms with Crippen LogP contribution in [-0.4, -0.2) is 29.1 Å². The number of aromatic hydroxyl groups is 1. The van der Waals surface area contributed by atoms with Crippen LogP contribution in [0.1, 0.15) is 22.2 Å². The monoisotopic (exact) mass is 291 g/mol. The summed E-state index contributed by atoms with van der Waals surface area (Å²) >= 11 is 1.35. The zero-order valence-corrected chi connectivity index (χ0v) is 12.0. The smallest absolute Gasteiger partial charge is 0.263 e. The Hall–Kier alpha value is -2.08. The number of thiazole rings is 1. The first kappa shape index (κ1) is 14.3. The van der Waals surface area contributed by atoms with Crippen LogP contribution in [0, 0.1) is 0 Å². The number of rotatable bonds is 6. The van der Waals surface area contributed by atoms with Crippen molar-refractivity contribution in [2.24, 2.45) is 0 Å². The van der Waals surface area contributed by atoms with Gasteiger partial charge in [0.2, 0.25) is 0 Å². The molecule has 106 valence electrons. The van der Waals surface area contributed by atoms with Gasteiger partial charge < -0.3 is 15.7 Å². The maximum absolute atomic E-state index is 11.9. The maximum Gasteiger partial charge on any atom is 0.263 e. The normalized spacial score (nSPS) is 10.2. The standard InChI is InChI=1S/C14H17N3O2S/c1-2-15-14-17-9-12(20-14)13(19)16-8-7-10-3-5-11(18)6-4-10/h3-6,9,18H,2,7-8H2,1H3,(H,15,17)(H,16,19). The van der Waals surface area contributed by atoms with E-state index in [-0.39, 0.29) is 11.7 Å². The molecule has 0 aliphatic heterocycles. The highest BCUT2D eigenvalue weighted by Crippen LogP contribution is 2.17. The molecule has 0 aliphatic rings. The van der Waals surface area contributed by atoms with Gasteiger partial charge in [0.05, 0.1) is 6.20 Å². The molecule has 0 atom stereocenters. The molecule has 0 aliphatic carbocycles. The zero-order chi connectivity index (χ0) is 14.4. The summed E-state index contributed by atoms with van der Waals surface area (Å²) in [6, 6.07) is 6.97. The fraction of sp³-hybridized carbons (Fsp3) is 0.286. The molecule has 0 spiro atoms. The number of nitrogens with zero attached hydrogens (tertiary/aromatic N) is 1. The van der Waals surface area contributed by atoms with Crippen LogP contribution in [0.25, 0.3) is 0 Å². The molecule has 0 unspecified atom stereocenters. The number of hydrogen-bond donors (Lipinski definition) is 3. The Bertz CT molecular complexity index is 566. The van der Waals surface area contributed by atoms with E-state index < -0.39 is 0 Å². The van der Waals surface area contributed by atoms with Gasteiger partial charge in [0, 0.05) is 13.1 Å². The van der Waals surface area contributed by atoms with Crippen LogP contribution < -0.4 is 10.6 Å². The van der Waals surface area contributed by atoms with Crippen molar-refractivity contribution in [1.29, 1.82) is 0 Å². The lowest BCUT2D eigenvalue weighted by atomic mass is 10.1. The van der Waals surface area contributed by atoms with E-state index in [4.69, 9.17) is 0 Å². The average molecular weight is 291 g/mol. The van der Waals surface area contributed by atoms with Gasteiger partial charge in [-0.3, -0.25) is 4.79 Å². The summed E-state index contributed by atoms with van der Waals surface area (Å²) in [5.74, 6) is 0.142. The molecule has 0 bridgehead atoms. The highest BCUT2D eigenvalue weighted by molar-refractivity contribution is 7.17. The van der Waals surface area contributed by atoms with Gasteiger partial charge in [0.15, 0.2) is 5.13 Å². The van der Waals surface area contributed by atoms with Crippen LogP contribution in [0.3, 0.4) is 0 Å². The van der Waals surface area contributed by atoms with Gasteiger partial charge in [-0.2, -0.15) is 0 Å². The SMILES string of the molecule is CCNc1ncc(C(=O)NCCc2ccc(O)cc2)s1. The van der Waals surface area contributed by atoms with E-state index in [1.165, 1.54) is 11.3 Å². The molecule has 6 heteroatoms. The van der Waals surface area contributed by atoms with E-state index in [9.17, 15) is 9.90 Å². The molecule has 1 aromatic heterocycles. The topological polar surface area (TPSA) is 74.2 Å². The predicted molar refractivity (Wildman–Crippen MR) is 80.4 cm³/mol. The Kier molecular flexibility index (Phi) is 4.95. The Balaban J connectivity index is 1.81. The predicted octanol–water partition coefficient (Wildman–Crippen LogP) is 2.25. The lowest BCUT2D eigenvalue weighted by Gasteiger charge is -2.03. The van der Waals surface area contributed by atoms with Crippen molar-refractivity contribution in [3.63, 3.8) is 0 Å². The molecule has 1 heterocycles. The molecular weight excluding hydrogens is 274 g/mol. The minimum absolute atomic E-state index is 0.106. The van der Waals surface area contributed by atoms with Gasteiger partial charge in [-0.15, -0.1) is 0 Å². The van der Waals surface area contributed by atoms with Crippen LogP contribution in [0.2, 0.25) is 0 Å². The molecule has 0 fully saturated rings. The van der Waals surface area contributed by atoms with Gasteiger partial charge in [0.1, 0.15) is 10.6 Å². The summed E-state index contributed by atoms with van der Waals surface area (Å²) in [5.41, 5.74) is 1.07. The number of phenolic OH excluding ortho intramolecular Hbond substituents is 1. The summed E-state index contributed by atoms with van der Waals surface area (Å²) in [7, 11) is 0. The minimum atomic E-state index is -0.106. The number of anilines is 1. The van der Waals surface area contributed by atoms with E-state index in [1.54, 1.807) is 18.3 Å². The fourth-order valence-corrected chi connectivity index (χ4v) is 2.48. The molecule has 0 radical (unpaired) electrons. The van der Waals surface area contributed by atoms with Crippen molar-refractivity contribution < 1.29 is 9.90 Å². The van der Waals surface area contributed by atoms with Crippen LogP contribution in [0.4, 0.5) is 5.13 Å². The molecule has 0 saturated carbocycles. The average Bonchev–Trinajstić information content (AvgIpc) is 2.90. The lowest BCUT2D eigenvalue weighted by Crippen LogP contribution is -2.24. The fourth-order valence-electron chi connectivity index (χ4n) is 1.68. The van der Waals surface area contributed by atoms with Gasteiger partial charge in [-0.25, -0.2) is 4.98 Å². The number of carbonyl (C=O) groups excluding carboxylic acids is 1. The summed E-state index contributed by atoms with van der Waals surface area (Å²) in [6.45, 7) is 3.33. The maximum atomic E-state index is 11.9. The highest BCUT2D eigenvalue weighted by atomic mass is 32.1. The Morgan fingerprint density at radius 2 is 2.10 bits per heavy atom. The third-order valence-electron chi connectivity index (χ3n) is 2.69. The zero-order valence-electron chi connectivity index (χ0n) is 11.2. The van der Waals surface area contributed by atoms with E-state index in [2.05, 4.69) is 15.6 Å². The largest absolute Gasteiger partial charge is 0.508 e. The number of hydrogen-bond acceptors (Lipinski definition) is 5. The molecule has 2 aromatic rings. The third kappa shape index (κ3) is 3.96. The molecule has 3 N–H and O–H groups in total. The van der Waals surface area contributed by atoms with Crippen molar-refractivity contribution in [2.45, 2.75) is 13.3 Å². The molecule has 5 nitrogen and oxygen atoms in total. The number of aromatic nitrogens is 1. The number of amides is 1. The Morgan fingerprint density at radius 1 is 1.35 bits per heavy atom. The summed E-state index contributed by atoms with van der Waals surface area (Å²) in [4.78, 5) is 16.6. The number of phenols is 1. The molecule has 1 aromatic carbocycles. The molecule has 1 amide bonds. The summed E-state index contributed by atoms with van der Waals surface area (Å²) < 4.78 is 0. The van der Waals surface area contributed by atoms with Crippen LogP contribution in [-0.2, 0) is 6.42 Å². The number of nitrogens with one attached hydrogen (secondary N) is 2. The number of benzene rings is 1. The van der Waals surface area contributed by atoms with Crippen molar-refractivity contribution in [1.82, 2.24) is 10.3 Å². The lowest BCUT2D eigenvalue weighted by molar-refractivity contribution is 0.0958. The number of carbonyl (C=O) groups is 1. The minimum Gasteiger partial charge on any atom is -0.508 e. The highest BCUT2D eigenvalue weighted by Gasteiger charge is 2.09. The van der Waals surface area contributed by atoms with E-state index >= 15 is 0 Å². The van der Waals surface area contributed by atoms with Crippen molar-refractivity contribution in [3.05, 3.63) is 40.9 Å². The van der Waals surface area contributed by atoms with E-state index in [0.29, 0.717) is 11.4 Å². The van der Waals surface area contributed by atoms with Crippen LogP contribution in [0.5, 0.6) is 5.75 Å². The van der Waals surface area contributed by atoms with Crippen molar-refractivity contribution >= 4 is 22.4 Å². The second-order valence-electron chi connectivity index (χ2n) is 4.23. The molecule has 0 saturated heterocycles. The van der Waals surface area contributed by atoms with E-state index in [0.717, 1.165) is 23.7 Å². The van der Waals surface area contributed by atoms with Gasteiger partial charge >= 0.3 is 0 Å². The summed E-state index contributed by atoms with van der Waals surface area (Å²) in [5, 5.41) is 15.9. The van der Waals surface area contributed by atoms with Crippen molar-refractivity contribution in [2.75, 3.05) is 18.4 Å². The van der Waals surface area contributed by atoms with Crippen molar-refractivity contribution in [3.8, 4) is 5.75 Å². The van der Waals surface area contributed by atoms with Gasteiger partial charge in [-0.05, 0) is 31.0 Å². The quantitative estimate of drug-likeness (QED) is 0.763. The summed E-state index contributed by atoms with van der Waals surface area (Å²) in [6.07, 6.45) is 2.31. The van der Waals surface area contributed by atoms with Gasteiger partial charge in [0.25, 0.3) is 5.91 Å². The second kappa shape index (κ2) is 6.91. The Labute approximate surface area is 121 Å². The first-order valence-electron chi connectivity index (χ1n) is 6.45. The van der Waals surface area contributed by atoms with E-state index in [1.807, 2.05) is 19.1 Å². The first-order chi connectivity index (χ1) is 9.69.